The minimum absolute atomic E-state index is 0.0904. The van der Waals surface area contributed by atoms with E-state index in [1.165, 1.54) is 6.07 Å². The normalized spacial score (nSPS) is 16.2. The Labute approximate surface area is 203 Å². The molecule has 0 radical (unpaired) electrons. The maximum atomic E-state index is 14.4. The van der Waals surface area contributed by atoms with Crippen molar-refractivity contribution in [3.63, 3.8) is 0 Å². The molecule has 35 heavy (non-hydrogen) atoms. The fourth-order valence-electron chi connectivity index (χ4n) is 4.60. The molecule has 1 aromatic heterocycles. The first kappa shape index (κ1) is 23.2. The molecular formula is C27H28F2N4O2. The van der Waals surface area contributed by atoms with Crippen LogP contribution >= 0.6 is 0 Å². The van der Waals surface area contributed by atoms with Crippen molar-refractivity contribution in [1.29, 1.82) is 0 Å². The molecule has 1 amide bonds. The van der Waals surface area contributed by atoms with Crippen molar-refractivity contribution < 1.29 is 18.3 Å². The van der Waals surface area contributed by atoms with Gasteiger partial charge in [-0.25, -0.2) is 13.8 Å². The van der Waals surface area contributed by atoms with E-state index >= 15 is 0 Å². The molecule has 6 nitrogen and oxygen atoms in total. The van der Waals surface area contributed by atoms with E-state index in [0.717, 1.165) is 49.3 Å². The first-order valence-corrected chi connectivity index (χ1v) is 12.0. The molecule has 0 unspecified atom stereocenters. The Morgan fingerprint density at radius 3 is 2.60 bits per heavy atom. The van der Waals surface area contributed by atoms with E-state index in [1.54, 1.807) is 11.0 Å². The summed E-state index contributed by atoms with van der Waals surface area (Å²) in [6.07, 6.45) is 2.62. The number of anilines is 1. The number of rotatable bonds is 4. The number of ether oxygens (including phenoxy) is 1. The SMILES string of the molecule is Cc1cccc(C(=O)N2CCc3nc(N4CCC(C)CC4)nc(Oc4ccc(F)cc4F)c3C2)c1. The van der Waals surface area contributed by atoms with E-state index in [-0.39, 0.29) is 24.1 Å². The first-order valence-electron chi connectivity index (χ1n) is 12.0. The Hall–Kier alpha value is -3.55. The summed E-state index contributed by atoms with van der Waals surface area (Å²) >= 11 is 0. The highest BCUT2D eigenvalue weighted by atomic mass is 19.1. The summed E-state index contributed by atoms with van der Waals surface area (Å²) in [5, 5.41) is 0. The molecule has 1 fully saturated rings. The fourth-order valence-corrected chi connectivity index (χ4v) is 4.60. The van der Waals surface area contributed by atoms with Gasteiger partial charge in [0.25, 0.3) is 5.91 Å². The maximum Gasteiger partial charge on any atom is 0.254 e. The lowest BCUT2D eigenvalue weighted by molar-refractivity contribution is 0.0731. The fraction of sp³-hybridized carbons (Fsp3) is 0.370. The minimum atomic E-state index is -0.811. The molecule has 2 aliphatic rings. The van der Waals surface area contributed by atoms with Crippen LogP contribution in [0.2, 0.25) is 0 Å². The number of benzene rings is 2. The molecule has 182 valence electrons. The van der Waals surface area contributed by atoms with E-state index in [9.17, 15) is 13.6 Å². The van der Waals surface area contributed by atoms with Gasteiger partial charge in [-0.1, -0.05) is 24.6 Å². The van der Waals surface area contributed by atoms with Crippen LogP contribution in [0.5, 0.6) is 11.6 Å². The summed E-state index contributed by atoms with van der Waals surface area (Å²) < 4.78 is 33.8. The molecule has 0 spiro atoms. The number of hydrogen-bond acceptors (Lipinski definition) is 5. The Balaban J connectivity index is 1.49. The third kappa shape index (κ3) is 4.97. The van der Waals surface area contributed by atoms with Crippen molar-refractivity contribution >= 4 is 11.9 Å². The Morgan fingerprint density at radius 2 is 1.86 bits per heavy atom. The van der Waals surface area contributed by atoms with Gasteiger partial charge in [-0.05, 0) is 49.9 Å². The van der Waals surface area contributed by atoms with Crippen molar-refractivity contribution in [1.82, 2.24) is 14.9 Å². The van der Waals surface area contributed by atoms with Gasteiger partial charge in [-0.15, -0.1) is 0 Å². The predicted molar refractivity (Wildman–Crippen MR) is 129 cm³/mol. The number of amides is 1. The number of carbonyl (C=O) groups is 1. The predicted octanol–water partition coefficient (Wildman–Crippen LogP) is 5.29. The summed E-state index contributed by atoms with van der Waals surface area (Å²) in [7, 11) is 0. The minimum Gasteiger partial charge on any atom is -0.435 e. The van der Waals surface area contributed by atoms with Crippen LogP contribution in [0.4, 0.5) is 14.7 Å². The molecule has 0 saturated carbocycles. The van der Waals surface area contributed by atoms with Gasteiger partial charge < -0.3 is 14.5 Å². The second-order valence-electron chi connectivity index (χ2n) is 9.45. The van der Waals surface area contributed by atoms with E-state index < -0.39 is 11.6 Å². The number of aromatic nitrogens is 2. The van der Waals surface area contributed by atoms with Gasteiger partial charge in [0.05, 0.1) is 17.8 Å². The Morgan fingerprint density at radius 1 is 1.06 bits per heavy atom. The number of carbonyl (C=O) groups excluding carboxylic acids is 1. The average molecular weight is 479 g/mol. The zero-order valence-electron chi connectivity index (χ0n) is 19.9. The Kier molecular flexibility index (Phi) is 6.36. The zero-order valence-corrected chi connectivity index (χ0v) is 19.9. The van der Waals surface area contributed by atoms with Crippen molar-refractivity contribution in [2.45, 2.75) is 39.7 Å². The zero-order chi connectivity index (χ0) is 24.5. The maximum absolute atomic E-state index is 14.4. The molecule has 2 aromatic carbocycles. The Bertz CT molecular complexity index is 1260. The van der Waals surface area contributed by atoms with Crippen LogP contribution < -0.4 is 9.64 Å². The van der Waals surface area contributed by atoms with Gasteiger partial charge in [-0.2, -0.15) is 4.98 Å². The van der Waals surface area contributed by atoms with Crippen LogP contribution in [0.3, 0.4) is 0 Å². The van der Waals surface area contributed by atoms with Crippen molar-refractivity contribution in [3.8, 4) is 11.6 Å². The van der Waals surface area contributed by atoms with Crippen LogP contribution in [0.1, 0.15) is 46.9 Å². The quantitative estimate of drug-likeness (QED) is 0.510. The molecule has 0 N–H and O–H groups in total. The molecule has 3 heterocycles. The third-order valence-electron chi connectivity index (χ3n) is 6.73. The summed E-state index contributed by atoms with van der Waals surface area (Å²) in [6, 6.07) is 10.6. The van der Waals surface area contributed by atoms with Gasteiger partial charge in [0.1, 0.15) is 5.82 Å². The van der Waals surface area contributed by atoms with Crippen LogP contribution in [0.25, 0.3) is 0 Å². The second-order valence-corrected chi connectivity index (χ2v) is 9.45. The van der Waals surface area contributed by atoms with Gasteiger partial charge in [0.2, 0.25) is 11.8 Å². The third-order valence-corrected chi connectivity index (χ3v) is 6.73. The lowest BCUT2D eigenvalue weighted by atomic mass is 9.99. The molecule has 2 aliphatic heterocycles. The van der Waals surface area contributed by atoms with Gasteiger partial charge >= 0.3 is 0 Å². The number of aryl methyl sites for hydroxylation is 1. The van der Waals surface area contributed by atoms with Crippen LogP contribution in [-0.2, 0) is 13.0 Å². The smallest absolute Gasteiger partial charge is 0.254 e. The van der Waals surface area contributed by atoms with Crippen molar-refractivity contribution in [2.75, 3.05) is 24.5 Å². The number of piperidine rings is 1. The van der Waals surface area contributed by atoms with Crippen LogP contribution in [0, 0.1) is 24.5 Å². The summed E-state index contributed by atoms with van der Waals surface area (Å²) in [4.78, 5) is 26.6. The van der Waals surface area contributed by atoms with Crippen molar-refractivity contribution in [2.24, 2.45) is 5.92 Å². The highest BCUT2D eigenvalue weighted by Crippen LogP contribution is 2.34. The molecule has 0 aliphatic carbocycles. The summed E-state index contributed by atoms with van der Waals surface area (Å²) in [5.41, 5.74) is 3.06. The van der Waals surface area contributed by atoms with Gasteiger partial charge in [0, 0.05) is 37.7 Å². The monoisotopic (exact) mass is 478 g/mol. The molecular weight excluding hydrogens is 450 g/mol. The standard InChI is InChI=1S/C27H28F2N4O2/c1-17-8-11-32(12-9-17)27-30-23-10-13-33(26(34)19-5-3-4-18(2)14-19)16-21(23)25(31-27)35-24-7-6-20(28)15-22(24)29/h3-7,14-15,17H,8-13,16H2,1-2H3. The number of halogens is 2. The number of hydrogen-bond donors (Lipinski definition) is 0. The first-order chi connectivity index (χ1) is 16.9. The molecule has 0 bridgehead atoms. The van der Waals surface area contributed by atoms with Crippen molar-refractivity contribution in [3.05, 3.63) is 76.5 Å². The largest absolute Gasteiger partial charge is 0.435 e. The average Bonchev–Trinajstić information content (AvgIpc) is 2.85. The van der Waals surface area contributed by atoms with E-state index in [2.05, 4.69) is 16.8 Å². The lowest BCUT2D eigenvalue weighted by Gasteiger charge is -2.33. The van der Waals surface area contributed by atoms with Crippen LogP contribution in [-0.4, -0.2) is 40.4 Å². The highest BCUT2D eigenvalue weighted by Gasteiger charge is 2.29. The molecule has 8 heteroatoms. The topological polar surface area (TPSA) is 58.6 Å². The highest BCUT2D eigenvalue weighted by molar-refractivity contribution is 5.94. The van der Waals surface area contributed by atoms with E-state index in [1.807, 2.05) is 25.1 Å². The van der Waals surface area contributed by atoms with E-state index in [4.69, 9.17) is 9.72 Å². The molecule has 0 atom stereocenters. The lowest BCUT2D eigenvalue weighted by Crippen LogP contribution is -2.38. The molecule has 1 saturated heterocycles. The number of fused-ring (bicyclic) bond motifs is 1. The van der Waals surface area contributed by atoms with Crippen LogP contribution in [0.15, 0.2) is 42.5 Å². The van der Waals surface area contributed by atoms with Gasteiger partial charge in [0.15, 0.2) is 11.6 Å². The second kappa shape index (κ2) is 9.60. The van der Waals surface area contributed by atoms with Gasteiger partial charge in [-0.3, -0.25) is 4.79 Å². The molecule has 5 rings (SSSR count). The molecule has 3 aromatic rings. The van der Waals surface area contributed by atoms with E-state index in [0.29, 0.717) is 36.0 Å². The summed E-state index contributed by atoms with van der Waals surface area (Å²) in [6.45, 7) is 6.61. The summed E-state index contributed by atoms with van der Waals surface area (Å²) in [5.74, 6) is -0.302. The number of nitrogens with zero attached hydrogens (tertiary/aromatic N) is 4.